The minimum Gasteiger partial charge on any atom is -0.487 e. The van der Waals surface area contributed by atoms with E-state index in [1.165, 1.54) is 6.33 Å². The average Bonchev–Trinajstić information content (AvgIpc) is 3.56. The fraction of sp³-hybridized carbons (Fsp3) is 0.391. The minimum absolute atomic E-state index is 0.0898. The lowest BCUT2D eigenvalue weighted by atomic mass is 10.1. The van der Waals surface area contributed by atoms with Gasteiger partial charge in [0.2, 0.25) is 5.95 Å². The number of nitrogens with zero attached hydrogens (tertiary/aromatic N) is 8. The topological polar surface area (TPSA) is 130 Å². The summed E-state index contributed by atoms with van der Waals surface area (Å²) in [5.74, 6) is 0.491. The number of piperidine rings is 1. The molecule has 1 saturated heterocycles. The number of halogens is 3. The molecule has 5 rings (SSSR count). The number of aromatic nitrogens is 8. The Hall–Kier alpha value is -3.91. The molecule has 0 amide bonds. The third-order valence-electron chi connectivity index (χ3n) is 5.91. The summed E-state index contributed by atoms with van der Waals surface area (Å²) < 4.78 is 39.8. The van der Waals surface area contributed by atoms with Crippen molar-refractivity contribution in [3.05, 3.63) is 48.1 Å². The second kappa shape index (κ2) is 11.6. The van der Waals surface area contributed by atoms with Gasteiger partial charge in [-0.2, -0.15) is 8.78 Å². The number of nitrogens with one attached hydrogen (secondary N) is 2. The van der Waals surface area contributed by atoms with E-state index >= 15 is 0 Å². The standard InChI is InChI=1S/C23H25ClF2N10O2/c1-14(11-35-13-30-33-34-35)37-20-8-15(2-3-18(20)24)16-9-28-23(29-10-16)31-19-12-36(17-4-6-27-7-5-17)32-21(19)38-22(25)26/h2-3,8-10,12-14,17,22,27H,4-7,11H2,1H3,(H,28,29,31). The van der Waals surface area contributed by atoms with Gasteiger partial charge in [0, 0.05) is 18.0 Å². The van der Waals surface area contributed by atoms with Crippen molar-refractivity contribution >= 4 is 23.2 Å². The molecule has 2 N–H and O–H groups in total. The van der Waals surface area contributed by atoms with E-state index in [0.29, 0.717) is 22.9 Å². The Morgan fingerprint density at radius 1 is 1.16 bits per heavy atom. The third-order valence-corrected chi connectivity index (χ3v) is 6.22. The molecule has 0 radical (unpaired) electrons. The molecule has 200 valence electrons. The Labute approximate surface area is 221 Å². The van der Waals surface area contributed by atoms with Crippen LogP contribution in [0.25, 0.3) is 11.1 Å². The van der Waals surface area contributed by atoms with Gasteiger partial charge >= 0.3 is 6.61 Å². The average molecular weight is 547 g/mol. The zero-order chi connectivity index (χ0) is 26.5. The van der Waals surface area contributed by atoms with Crippen molar-refractivity contribution in [1.82, 2.24) is 45.3 Å². The molecule has 1 aliphatic heterocycles. The lowest BCUT2D eigenvalue weighted by molar-refractivity contribution is -0.0528. The van der Waals surface area contributed by atoms with Crippen LogP contribution in [0, 0.1) is 0 Å². The van der Waals surface area contributed by atoms with Crippen LogP contribution < -0.4 is 20.1 Å². The van der Waals surface area contributed by atoms with Crippen LogP contribution in [0.4, 0.5) is 20.4 Å². The molecule has 4 aromatic rings. The van der Waals surface area contributed by atoms with Crippen molar-refractivity contribution in [2.45, 2.75) is 45.1 Å². The van der Waals surface area contributed by atoms with Crippen LogP contribution in [0.5, 0.6) is 11.6 Å². The number of hydrogen-bond acceptors (Lipinski definition) is 10. The van der Waals surface area contributed by atoms with Gasteiger partial charge in [0.15, 0.2) is 0 Å². The molecule has 0 spiro atoms. The van der Waals surface area contributed by atoms with Gasteiger partial charge in [-0.1, -0.05) is 17.7 Å². The minimum atomic E-state index is -3.01. The van der Waals surface area contributed by atoms with Crippen molar-refractivity contribution in [2.75, 3.05) is 18.4 Å². The Morgan fingerprint density at radius 2 is 1.95 bits per heavy atom. The predicted octanol–water partition coefficient (Wildman–Crippen LogP) is 3.72. The first-order valence-corrected chi connectivity index (χ1v) is 12.3. The van der Waals surface area contributed by atoms with E-state index in [1.54, 1.807) is 40.1 Å². The molecule has 12 nitrogen and oxygen atoms in total. The summed E-state index contributed by atoms with van der Waals surface area (Å²) in [5, 5.41) is 22.0. The molecule has 1 aliphatic rings. The van der Waals surface area contributed by atoms with Gasteiger partial charge in [0.05, 0.1) is 23.8 Å². The number of tetrazole rings is 1. The molecule has 1 unspecified atom stereocenters. The first-order valence-electron chi connectivity index (χ1n) is 12.0. The lowest BCUT2D eigenvalue weighted by Crippen LogP contribution is -2.29. The molecule has 1 aromatic carbocycles. The van der Waals surface area contributed by atoms with Gasteiger partial charge in [0.1, 0.15) is 23.9 Å². The zero-order valence-electron chi connectivity index (χ0n) is 20.3. The molecule has 38 heavy (non-hydrogen) atoms. The molecule has 15 heteroatoms. The Bertz CT molecular complexity index is 1330. The highest BCUT2D eigenvalue weighted by atomic mass is 35.5. The second-order valence-corrected chi connectivity index (χ2v) is 9.12. The maximum Gasteiger partial charge on any atom is 0.388 e. The van der Waals surface area contributed by atoms with Gasteiger partial charge in [-0.05, 0) is 61.0 Å². The van der Waals surface area contributed by atoms with Gasteiger partial charge in [-0.25, -0.2) is 14.6 Å². The van der Waals surface area contributed by atoms with Crippen molar-refractivity contribution in [2.24, 2.45) is 0 Å². The van der Waals surface area contributed by atoms with E-state index < -0.39 is 6.61 Å². The molecule has 0 saturated carbocycles. The van der Waals surface area contributed by atoms with Crippen LogP contribution in [0.1, 0.15) is 25.8 Å². The number of ether oxygens (including phenoxy) is 2. The molecule has 0 aliphatic carbocycles. The second-order valence-electron chi connectivity index (χ2n) is 8.71. The van der Waals surface area contributed by atoms with Crippen LogP contribution >= 0.6 is 11.6 Å². The summed E-state index contributed by atoms with van der Waals surface area (Å²) in [6.07, 6.45) is 7.79. The first-order chi connectivity index (χ1) is 18.4. The van der Waals surface area contributed by atoms with Crippen molar-refractivity contribution in [3.8, 4) is 22.8 Å². The summed E-state index contributed by atoms with van der Waals surface area (Å²) in [4.78, 5) is 8.69. The fourth-order valence-corrected chi connectivity index (χ4v) is 4.27. The van der Waals surface area contributed by atoms with E-state index in [0.717, 1.165) is 31.5 Å². The van der Waals surface area contributed by atoms with E-state index in [4.69, 9.17) is 16.3 Å². The molecular weight excluding hydrogens is 522 g/mol. The van der Waals surface area contributed by atoms with Crippen molar-refractivity contribution in [3.63, 3.8) is 0 Å². The van der Waals surface area contributed by atoms with Crippen molar-refractivity contribution in [1.29, 1.82) is 0 Å². The maximum atomic E-state index is 13.0. The SMILES string of the molecule is CC(Cn1cnnn1)Oc1cc(-c2cnc(Nc3cn(C4CCNCC4)nc3OC(F)F)nc2)ccc1Cl. The van der Waals surface area contributed by atoms with E-state index in [1.807, 2.05) is 13.0 Å². The molecule has 1 fully saturated rings. The fourth-order valence-electron chi connectivity index (χ4n) is 4.11. The number of rotatable bonds is 10. The third kappa shape index (κ3) is 6.31. The highest BCUT2D eigenvalue weighted by Gasteiger charge is 2.22. The number of alkyl halides is 2. The quantitative estimate of drug-likeness (QED) is 0.303. The summed E-state index contributed by atoms with van der Waals surface area (Å²) in [5.41, 5.74) is 1.75. The largest absolute Gasteiger partial charge is 0.487 e. The zero-order valence-corrected chi connectivity index (χ0v) is 21.1. The molecule has 4 heterocycles. The van der Waals surface area contributed by atoms with E-state index in [-0.39, 0.29) is 29.7 Å². The monoisotopic (exact) mass is 546 g/mol. The summed E-state index contributed by atoms with van der Waals surface area (Å²) >= 11 is 6.34. The Balaban J connectivity index is 1.30. The Morgan fingerprint density at radius 3 is 2.66 bits per heavy atom. The van der Waals surface area contributed by atoms with Crippen LogP contribution in [-0.2, 0) is 6.54 Å². The van der Waals surface area contributed by atoms with Crippen LogP contribution in [0.3, 0.4) is 0 Å². The molecule has 3 aromatic heterocycles. The summed E-state index contributed by atoms with van der Waals surface area (Å²) in [7, 11) is 0. The van der Waals surface area contributed by atoms with Crippen LogP contribution in [0.2, 0.25) is 5.02 Å². The molecule has 0 bridgehead atoms. The predicted molar refractivity (Wildman–Crippen MR) is 134 cm³/mol. The van der Waals surface area contributed by atoms with Gasteiger partial charge in [0.25, 0.3) is 5.88 Å². The van der Waals surface area contributed by atoms with E-state index in [2.05, 4.69) is 46.0 Å². The smallest absolute Gasteiger partial charge is 0.388 e. The summed E-state index contributed by atoms with van der Waals surface area (Å²) in [6.45, 7) is 0.986. The van der Waals surface area contributed by atoms with Crippen LogP contribution in [0.15, 0.2) is 43.1 Å². The van der Waals surface area contributed by atoms with Crippen molar-refractivity contribution < 1.29 is 18.3 Å². The van der Waals surface area contributed by atoms with Gasteiger partial charge < -0.3 is 20.1 Å². The highest BCUT2D eigenvalue weighted by Crippen LogP contribution is 2.33. The number of benzene rings is 1. The summed E-state index contributed by atoms with van der Waals surface area (Å²) in [6, 6.07) is 5.43. The van der Waals surface area contributed by atoms with Crippen LogP contribution in [-0.4, -0.2) is 65.8 Å². The lowest BCUT2D eigenvalue weighted by Gasteiger charge is -2.22. The maximum absolute atomic E-state index is 13.0. The van der Waals surface area contributed by atoms with E-state index in [9.17, 15) is 8.78 Å². The first kappa shape index (κ1) is 25.7. The highest BCUT2D eigenvalue weighted by molar-refractivity contribution is 6.32. The molecular formula is C23H25ClF2N10O2. The van der Waals surface area contributed by atoms with Gasteiger partial charge in [-0.15, -0.1) is 10.2 Å². The molecule has 1 atom stereocenters. The Kier molecular flexibility index (Phi) is 7.89. The number of hydrogen-bond donors (Lipinski definition) is 2. The normalized spacial score (nSPS) is 15.0. The van der Waals surface area contributed by atoms with Gasteiger partial charge in [-0.3, -0.25) is 4.68 Å². The number of anilines is 2.